The summed E-state index contributed by atoms with van der Waals surface area (Å²) < 4.78 is 0. The fourth-order valence-electron chi connectivity index (χ4n) is 2.85. The molecule has 0 saturated carbocycles. The zero-order chi connectivity index (χ0) is 17.1. The maximum absolute atomic E-state index is 4.41. The monoisotopic (exact) mass is 333 g/mol. The molecule has 0 radical (unpaired) electrons. The molecule has 4 heterocycles. The molecule has 1 saturated heterocycles. The van der Waals surface area contributed by atoms with Crippen LogP contribution in [-0.4, -0.2) is 44.8 Å². The van der Waals surface area contributed by atoms with Crippen LogP contribution < -0.4 is 10.2 Å². The van der Waals surface area contributed by atoms with Crippen LogP contribution >= 0.6 is 0 Å². The lowest BCUT2D eigenvalue weighted by atomic mass is 10.0. The van der Waals surface area contributed by atoms with E-state index in [1.165, 1.54) is 0 Å². The predicted molar refractivity (Wildman–Crippen MR) is 96.2 cm³/mol. The summed E-state index contributed by atoms with van der Waals surface area (Å²) in [5.74, 6) is 2.33. The van der Waals surface area contributed by atoms with Crippen molar-refractivity contribution in [2.75, 3.05) is 29.9 Å². The molecule has 7 heteroatoms. The average molecular weight is 333 g/mol. The summed E-state index contributed by atoms with van der Waals surface area (Å²) in [5, 5.41) is 12.0. The predicted octanol–water partition coefficient (Wildman–Crippen LogP) is 2.19. The van der Waals surface area contributed by atoms with Crippen molar-refractivity contribution in [3.05, 3.63) is 54.7 Å². The smallest absolute Gasteiger partial charge is 0.151 e. The number of pyridine rings is 1. The molecule has 1 fully saturated rings. The number of nitrogens with zero attached hydrogens (tertiary/aromatic N) is 6. The molecule has 1 aliphatic rings. The minimum atomic E-state index is 0.573. The first kappa shape index (κ1) is 15.4. The third-order valence-electron chi connectivity index (χ3n) is 4.23. The van der Waals surface area contributed by atoms with Crippen LogP contribution in [0.5, 0.6) is 0 Å². The van der Waals surface area contributed by atoms with Crippen LogP contribution in [-0.2, 0) is 0 Å². The Hall–Kier alpha value is -3.09. The first-order valence-corrected chi connectivity index (χ1v) is 8.29. The van der Waals surface area contributed by atoms with E-state index < -0.39 is 0 Å². The van der Waals surface area contributed by atoms with E-state index in [0.29, 0.717) is 5.92 Å². The van der Waals surface area contributed by atoms with Crippen LogP contribution in [0.4, 0.5) is 11.6 Å². The molecule has 126 valence electrons. The summed E-state index contributed by atoms with van der Waals surface area (Å²) in [6.07, 6.45) is 7.03. The second-order valence-electron chi connectivity index (χ2n) is 6.21. The Labute approximate surface area is 146 Å². The molecule has 0 aromatic carbocycles. The lowest BCUT2D eigenvalue weighted by Gasteiger charge is -2.40. The standard InChI is InChI=1S/C18H19N7/c1-13-8-20-10-17(22-13)21-9-14-11-25(12-14)18-3-2-16(23-24-18)15-4-6-19-7-5-15/h2-8,10,14H,9,11-12H2,1H3,(H,21,22). The molecule has 0 bridgehead atoms. The molecule has 7 nitrogen and oxygen atoms in total. The molecule has 0 amide bonds. The van der Waals surface area contributed by atoms with Gasteiger partial charge < -0.3 is 10.2 Å². The minimum absolute atomic E-state index is 0.573. The van der Waals surface area contributed by atoms with Gasteiger partial charge >= 0.3 is 0 Å². The number of aryl methyl sites for hydroxylation is 1. The summed E-state index contributed by atoms with van der Waals surface area (Å²) in [4.78, 5) is 14.8. The van der Waals surface area contributed by atoms with Gasteiger partial charge in [0.1, 0.15) is 5.82 Å². The summed E-state index contributed by atoms with van der Waals surface area (Å²) in [6.45, 7) is 4.76. The van der Waals surface area contributed by atoms with Gasteiger partial charge in [0.05, 0.1) is 17.6 Å². The third kappa shape index (κ3) is 3.55. The number of anilines is 2. The fraction of sp³-hybridized carbons (Fsp3) is 0.278. The van der Waals surface area contributed by atoms with Gasteiger partial charge in [0.25, 0.3) is 0 Å². The van der Waals surface area contributed by atoms with Crippen LogP contribution in [0.25, 0.3) is 11.3 Å². The lowest BCUT2D eigenvalue weighted by Crippen LogP contribution is -2.50. The van der Waals surface area contributed by atoms with Crippen molar-refractivity contribution in [1.29, 1.82) is 0 Å². The van der Waals surface area contributed by atoms with Crippen LogP contribution in [0.3, 0.4) is 0 Å². The molecular weight excluding hydrogens is 314 g/mol. The Morgan fingerprint density at radius 1 is 1.04 bits per heavy atom. The maximum atomic E-state index is 4.41. The second-order valence-corrected chi connectivity index (χ2v) is 6.21. The molecule has 0 aliphatic carbocycles. The first-order valence-electron chi connectivity index (χ1n) is 8.29. The summed E-state index contributed by atoms with van der Waals surface area (Å²) >= 11 is 0. The van der Waals surface area contributed by atoms with Crippen molar-refractivity contribution in [2.45, 2.75) is 6.92 Å². The highest BCUT2D eigenvalue weighted by molar-refractivity contribution is 5.59. The highest BCUT2D eigenvalue weighted by atomic mass is 15.3. The minimum Gasteiger partial charge on any atom is -0.368 e. The molecule has 1 N–H and O–H groups in total. The Kier molecular flexibility index (Phi) is 4.20. The van der Waals surface area contributed by atoms with E-state index in [1.54, 1.807) is 24.8 Å². The Bertz CT molecular complexity index is 830. The van der Waals surface area contributed by atoms with Gasteiger partial charge in [-0.05, 0) is 31.2 Å². The van der Waals surface area contributed by atoms with E-state index in [9.17, 15) is 0 Å². The lowest BCUT2D eigenvalue weighted by molar-refractivity contribution is 0.425. The zero-order valence-electron chi connectivity index (χ0n) is 14.0. The summed E-state index contributed by atoms with van der Waals surface area (Å²) in [7, 11) is 0. The molecule has 4 rings (SSSR count). The molecule has 3 aromatic rings. The van der Waals surface area contributed by atoms with Crippen LogP contribution in [0.1, 0.15) is 5.69 Å². The summed E-state index contributed by atoms with van der Waals surface area (Å²) in [6, 6.07) is 7.90. The molecular formula is C18H19N7. The van der Waals surface area contributed by atoms with Gasteiger partial charge in [0.15, 0.2) is 5.82 Å². The van der Waals surface area contributed by atoms with Crippen molar-refractivity contribution in [1.82, 2.24) is 25.1 Å². The largest absolute Gasteiger partial charge is 0.368 e. The van der Waals surface area contributed by atoms with E-state index in [2.05, 4.69) is 35.4 Å². The normalized spacial score (nSPS) is 14.2. The zero-order valence-corrected chi connectivity index (χ0v) is 14.0. The topological polar surface area (TPSA) is 79.7 Å². The van der Waals surface area contributed by atoms with Crippen molar-refractivity contribution in [2.24, 2.45) is 5.92 Å². The number of rotatable bonds is 5. The number of aromatic nitrogens is 5. The quantitative estimate of drug-likeness (QED) is 0.766. The molecule has 0 unspecified atom stereocenters. The van der Waals surface area contributed by atoms with E-state index in [1.807, 2.05) is 31.2 Å². The van der Waals surface area contributed by atoms with Gasteiger partial charge in [-0.15, -0.1) is 10.2 Å². The van der Waals surface area contributed by atoms with E-state index in [-0.39, 0.29) is 0 Å². The molecule has 0 atom stereocenters. The van der Waals surface area contributed by atoms with Gasteiger partial charge in [-0.25, -0.2) is 4.98 Å². The highest BCUT2D eigenvalue weighted by Gasteiger charge is 2.27. The highest BCUT2D eigenvalue weighted by Crippen LogP contribution is 2.24. The maximum Gasteiger partial charge on any atom is 0.151 e. The van der Waals surface area contributed by atoms with E-state index in [4.69, 9.17) is 0 Å². The third-order valence-corrected chi connectivity index (χ3v) is 4.23. The van der Waals surface area contributed by atoms with E-state index in [0.717, 1.165) is 48.2 Å². The Balaban J connectivity index is 1.30. The average Bonchev–Trinajstić information content (AvgIpc) is 2.62. The van der Waals surface area contributed by atoms with Crippen molar-refractivity contribution in [3.63, 3.8) is 0 Å². The van der Waals surface area contributed by atoms with Gasteiger partial charge in [0.2, 0.25) is 0 Å². The Morgan fingerprint density at radius 3 is 2.60 bits per heavy atom. The van der Waals surface area contributed by atoms with Crippen molar-refractivity contribution in [3.8, 4) is 11.3 Å². The van der Waals surface area contributed by atoms with Crippen molar-refractivity contribution < 1.29 is 0 Å². The van der Waals surface area contributed by atoms with Crippen LogP contribution in [0.15, 0.2) is 49.1 Å². The van der Waals surface area contributed by atoms with Gasteiger partial charge in [-0.1, -0.05) is 0 Å². The molecule has 3 aromatic heterocycles. The number of hydrogen-bond acceptors (Lipinski definition) is 7. The van der Waals surface area contributed by atoms with Crippen LogP contribution in [0, 0.1) is 12.8 Å². The van der Waals surface area contributed by atoms with E-state index >= 15 is 0 Å². The van der Waals surface area contributed by atoms with Crippen molar-refractivity contribution >= 4 is 11.6 Å². The molecule has 25 heavy (non-hydrogen) atoms. The van der Waals surface area contributed by atoms with Crippen LogP contribution in [0.2, 0.25) is 0 Å². The number of nitrogens with one attached hydrogen (secondary N) is 1. The van der Waals surface area contributed by atoms with Gasteiger partial charge in [0, 0.05) is 49.7 Å². The van der Waals surface area contributed by atoms with Gasteiger partial charge in [-0.3, -0.25) is 9.97 Å². The Morgan fingerprint density at radius 2 is 1.88 bits per heavy atom. The first-order chi connectivity index (χ1) is 12.3. The number of hydrogen-bond donors (Lipinski definition) is 1. The van der Waals surface area contributed by atoms with Gasteiger partial charge in [-0.2, -0.15) is 0 Å². The summed E-state index contributed by atoms with van der Waals surface area (Å²) in [5.41, 5.74) is 2.81. The molecule has 0 spiro atoms. The second kappa shape index (κ2) is 6.80. The molecule has 1 aliphatic heterocycles. The SMILES string of the molecule is Cc1cncc(NCC2CN(c3ccc(-c4ccncc4)nn3)C2)n1. The fourth-order valence-corrected chi connectivity index (χ4v) is 2.85.